The minimum atomic E-state index is -1.19. The Morgan fingerprint density at radius 2 is 2.19 bits per heavy atom. The van der Waals surface area contributed by atoms with Crippen LogP contribution in [0.15, 0.2) is 16.6 Å². The Morgan fingerprint density at radius 1 is 1.52 bits per heavy atom. The van der Waals surface area contributed by atoms with Crippen molar-refractivity contribution in [2.24, 2.45) is 0 Å². The number of rotatable bonds is 6. The van der Waals surface area contributed by atoms with Gasteiger partial charge in [-0.25, -0.2) is 14.0 Å². The molecule has 1 rings (SSSR count). The molecule has 0 aliphatic carbocycles. The number of benzene rings is 1. The van der Waals surface area contributed by atoms with Crippen molar-refractivity contribution >= 4 is 45.2 Å². The van der Waals surface area contributed by atoms with Crippen LogP contribution in [0.1, 0.15) is 6.42 Å². The van der Waals surface area contributed by atoms with E-state index in [2.05, 4.69) is 26.6 Å². The Morgan fingerprint density at radius 3 is 2.71 bits per heavy atom. The number of aliphatic carboxylic acids is 1. The van der Waals surface area contributed by atoms with E-state index in [4.69, 9.17) is 21.4 Å². The second kappa shape index (κ2) is 8.16. The number of nitrogens with one attached hydrogen (secondary N) is 2. The van der Waals surface area contributed by atoms with Crippen LogP contribution in [-0.4, -0.2) is 36.9 Å². The van der Waals surface area contributed by atoms with Gasteiger partial charge in [0.2, 0.25) is 0 Å². The highest BCUT2D eigenvalue weighted by molar-refractivity contribution is 9.10. The third-order valence-corrected chi connectivity index (χ3v) is 3.38. The first-order chi connectivity index (χ1) is 9.85. The van der Waals surface area contributed by atoms with Gasteiger partial charge in [0.25, 0.3) is 0 Å². The molecule has 2 amide bonds. The van der Waals surface area contributed by atoms with Gasteiger partial charge in [-0.3, -0.25) is 0 Å². The number of amides is 2. The summed E-state index contributed by atoms with van der Waals surface area (Å²) in [5.41, 5.74) is 0.145. The van der Waals surface area contributed by atoms with E-state index >= 15 is 0 Å². The molecule has 0 aliphatic rings. The van der Waals surface area contributed by atoms with Gasteiger partial charge in [-0.1, -0.05) is 11.6 Å². The SMILES string of the molecule is COCCC(NC(=O)Nc1c(Cl)cc(F)cc1Br)C(=O)O. The van der Waals surface area contributed by atoms with Crippen LogP contribution in [0, 0.1) is 5.82 Å². The first-order valence-electron chi connectivity index (χ1n) is 5.79. The molecule has 0 spiro atoms. The lowest BCUT2D eigenvalue weighted by molar-refractivity contribution is -0.139. The van der Waals surface area contributed by atoms with Gasteiger partial charge in [0.15, 0.2) is 0 Å². The quantitative estimate of drug-likeness (QED) is 0.705. The van der Waals surface area contributed by atoms with E-state index in [1.54, 1.807) is 0 Å². The lowest BCUT2D eigenvalue weighted by Crippen LogP contribution is -2.43. The summed E-state index contributed by atoms with van der Waals surface area (Å²) in [6.45, 7) is 0.179. The lowest BCUT2D eigenvalue weighted by Gasteiger charge is -2.16. The van der Waals surface area contributed by atoms with Crippen molar-refractivity contribution in [3.05, 3.63) is 27.4 Å². The molecule has 1 aromatic carbocycles. The van der Waals surface area contributed by atoms with Crippen LogP contribution in [0.3, 0.4) is 0 Å². The summed E-state index contributed by atoms with van der Waals surface area (Å²) >= 11 is 8.87. The Hall–Kier alpha value is -1.38. The van der Waals surface area contributed by atoms with Gasteiger partial charge in [-0.05, 0) is 28.1 Å². The maximum atomic E-state index is 13.1. The van der Waals surface area contributed by atoms with Crippen molar-refractivity contribution in [3.8, 4) is 0 Å². The molecule has 0 saturated heterocycles. The monoisotopic (exact) mass is 382 g/mol. The predicted molar refractivity (Wildman–Crippen MR) is 79.2 cm³/mol. The third kappa shape index (κ3) is 5.49. The molecule has 0 fully saturated rings. The van der Waals surface area contributed by atoms with Crippen LogP contribution in [0.4, 0.5) is 14.9 Å². The van der Waals surface area contributed by atoms with E-state index in [0.717, 1.165) is 12.1 Å². The minimum absolute atomic E-state index is 0.0132. The summed E-state index contributed by atoms with van der Waals surface area (Å²) in [7, 11) is 1.42. The van der Waals surface area contributed by atoms with Crippen LogP contribution in [0.2, 0.25) is 5.02 Å². The smallest absolute Gasteiger partial charge is 0.326 e. The molecule has 21 heavy (non-hydrogen) atoms. The second-order valence-electron chi connectivity index (χ2n) is 4.02. The zero-order valence-electron chi connectivity index (χ0n) is 11.0. The van der Waals surface area contributed by atoms with Gasteiger partial charge in [-0.15, -0.1) is 0 Å². The highest BCUT2D eigenvalue weighted by Gasteiger charge is 2.20. The number of carboxylic acids is 1. The topological polar surface area (TPSA) is 87.7 Å². The zero-order chi connectivity index (χ0) is 16.0. The molecule has 0 aromatic heterocycles. The fourth-order valence-corrected chi connectivity index (χ4v) is 2.36. The Labute approximate surface area is 133 Å². The molecule has 0 radical (unpaired) electrons. The van der Waals surface area contributed by atoms with Crippen LogP contribution in [-0.2, 0) is 9.53 Å². The standard InChI is InChI=1S/C12H13BrClFN2O4/c1-21-3-2-9(11(18)19)16-12(20)17-10-7(13)4-6(15)5-8(10)14/h4-5,9H,2-3H2,1H3,(H,18,19)(H2,16,17,20). The summed E-state index contributed by atoms with van der Waals surface area (Å²) < 4.78 is 18.1. The highest BCUT2D eigenvalue weighted by atomic mass is 79.9. The van der Waals surface area contributed by atoms with Crippen LogP contribution in [0.5, 0.6) is 0 Å². The molecule has 3 N–H and O–H groups in total. The first-order valence-corrected chi connectivity index (χ1v) is 6.96. The van der Waals surface area contributed by atoms with Crippen molar-refractivity contribution in [3.63, 3.8) is 0 Å². The molecule has 0 heterocycles. The van der Waals surface area contributed by atoms with Gasteiger partial charge < -0.3 is 20.5 Å². The molecule has 6 nitrogen and oxygen atoms in total. The normalized spacial score (nSPS) is 11.8. The van der Waals surface area contributed by atoms with Crippen molar-refractivity contribution < 1.29 is 23.8 Å². The number of carbonyl (C=O) groups excluding carboxylic acids is 1. The molecule has 1 atom stereocenters. The maximum Gasteiger partial charge on any atom is 0.326 e. The van der Waals surface area contributed by atoms with Crippen LogP contribution in [0.25, 0.3) is 0 Å². The third-order valence-electron chi connectivity index (χ3n) is 2.46. The maximum absolute atomic E-state index is 13.1. The number of carbonyl (C=O) groups is 2. The number of anilines is 1. The largest absolute Gasteiger partial charge is 0.480 e. The van der Waals surface area contributed by atoms with E-state index in [0.29, 0.717) is 0 Å². The first kappa shape index (κ1) is 17.7. The fraction of sp³-hybridized carbons (Fsp3) is 0.333. The molecule has 9 heteroatoms. The van der Waals surface area contributed by atoms with Gasteiger partial charge >= 0.3 is 12.0 Å². The minimum Gasteiger partial charge on any atom is -0.480 e. The second-order valence-corrected chi connectivity index (χ2v) is 5.28. The number of hydrogen-bond donors (Lipinski definition) is 3. The van der Waals surface area contributed by atoms with Gasteiger partial charge in [0.1, 0.15) is 11.9 Å². The summed E-state index contributed by atoms with van der Waals surface area (Å²) in [4.78, 5) is 22.8. The van der Waals surface area contributed by atoms with Crippen molar-refractivity contribution in [1.82, 2.24) is 5.32 Å². The molecule has 0 saturated carbocycles. The molecular formula is C12H13BrClFN2O4. The van der Waals surface area contributed by atoms with E-state index in [1.165, 1.54) is 7.11 Å². The zero-order valence-corrected chi connectivity index (χ0v) is 13.3. The molecule has 0 bridgehead atoms. The number of carboxylic acid groups (broad SMARTS) is 1. The van der Waals surface area contributed by atoms with Crippen LogP contribution < -0.4 is 10.6 Å². The molecule has 1 aromatic rings. The highest BCUT2D eigenvalue weighted by Crippen LogP contribution is 2.31. The Bertz CT molecular complexity index is 521. The van der Waals surface area contributed by atoms with E-state index in [9.17, 15) is 14.0 Å². The summed E-state index contributed by atoms with van der Waals surface area (Å²) in [5, 5.41) is 13.6. The number of methoxy groups -OCH3 is 1. The summed E-state index contributed by atoms with van der Waals surface area (Å²) in [5.74, 6) is -1.76. The van der Waals surface area contributed by atoms with Gasteiger partial charge in [0.05, 0.1) is 10.7 Å². The molecule has 0 aliphatic heterocycles. The number of ether oxygens (including phenoxy) is 1. The lowest BCUT2D eigenvalue weighted by atomic mass is 10.2. The average Bonchev–Trinajstić information content (AvgIpc) is 2.38. The predicted octanol–water partition coefficient (Wildman–Crippen LogP) is 2.85. The molecular weight excluding hydrogens is 370 g/mol. The van der Waals surface area contributed by atoms with E-state index < -0.39 is 23.9 Å². The summed E-state index contributed by atoms with van der Waals surface area (Å²) in [6.07, 6.45) is 0.109. The fourth-order valence-electron chi connectivity index (χ4n) is 1.46. The number of halogens is 3. The van der Waals surface area contributed by atoms with Crippen molar-refractivity contribution in [1.29, 1.82) is 0 Å². The Balaban J connectivity index is 2.74. The Kier molecular flexibility index (Phi) is 6.86. The average molecular weight is 384 g/mol. The van der Waals surface area contributed by atoms with Crippen LogP contribution >= 0.6 is 27.5 Å². The van der Waals surface area contributed by atoms with Gasteiger partial charge in [-0.2, -0.15) is 0 Å². The van der Waals surface area contributed by atoms with Gasteiger partial charge in [0, 0.05) is 24.6 Å². The van der Waals surface area contributed by atoms with E-state index in [-0.39, 0.29) is 28.2 Å². The van der Waals surface area contributed by atoms with Crippen molar-refractivity contribution in [2.45, 2.75) is 12.5 Å². The van der Waals surface area contributed by atoms with E-state index in [1.807, 2.05) is 0 Å². The number of hydrogen-bond acceptors (Lipinski definition) is 3. The number of urea groups is 1. The molecule has 116 valence electrons. The van der Waals surface area contributed by atoms with Crippen molar-refractivity contribution in [2.75, 3.05) is 19.0 Å². The summed E-state index contributed by atoms with van der Waals surface area (Å²) in [6, 6.07) is 0.276. The molecule has 1 unspecified atom stereocenters.